The van der Waals surface area contributed by atoms with Gasteiger partial charge in [-0.25, -0.2) is 27.4 Å². The first-order valence-corrected chi connectivity index (χ1v) is 13.6. The van der Waals surface area contributed by atoms with E-state index in [2.05, 4.69) is 20.3 Å². The van der Waals surface area contributed by atoms with Crippen LogP contribution in [-0.4, -0.2) is 65.5 Å². The van der Waals surface area contributed by atoms with Gasteiger partial charge in [0.25, 0.3) is 10.0 Å². The molecule has 0 radical (unpaired) electrons. The SMILES string of the molecule is CSCNC(=O)C1CCCN(N(C)c2ncnc3c2ccn3S(=O)(=O)c2ccc(C)cc2)C1. The Labute approximate surface area is 198 Å². The van der Waals surface area contributed by atoms with Crippen molar-refractivity contribution in [3.05, 3.63) is 48.4 Å². The average Bonchev–Trinajstić information content (AvgIpc) is 3.27. The van der Waals surface area contributed by atoms with Gasteiger partial charge in [0, 0.05) is 26.3 Å². The number of hydrazine groups is 1. The molecule has 1 unspecified atom stereocenters. The Kier molecular flexibility index (Phi) is 6.91. The van der Waals surface area contributed by atoms with Crippen LogP contribution in [0.25, 0.3) is 11.0 Å². The Morgan fingerprint density at radius 1 is 1.24 bits per heavy atom. The largest absolute Gasteiger partial charge is 0.347 e. The molecule has 3 aromatic rings. The molecular weight excluding hydrogens is 460 g/mol. The van der Waals surface area contributed by atoms with Crippen LogP contribution in [0.1, 0.15) is 18.4 Å². The van der Waals surface area contributed by atoms with Crippen LogP contribution in [0.2, 0.25) is 0 Å². The number of nitrogens with one attached hydrogen (secondary N) is 1. The Morgan fingerprint density at radius 2 is 2.00 bits per heavy atom. The van der Waals surface area contributed by atoms with Crippen LogP contribution in [0.5, 0.6) is 0 Å². The summed E-state index contributed by atoms with van der Waals surface area (Å²) in [7, 11) is -1.91. The molecule has 0 aliphatic carbocycles. The minimum atomic E-state index is -3.80. The summed E-state index contributed by atoms with van der Waals surface area (Å²) in [5.74, 6) is 1.16. The number of anilines is 1. The quantitative estimate of drug-likeness (QED) is 0.507. The summed E-state index contributed by atoms with van der Waals surface area (Å²) < 4.78 is 27.7. The third kappa shape index (κ3) is 4.71. The molecule has 0 saturated carbocycles. The molecule has 1 fully saturated rings. The predicted molar refractivity (Wildman–Crippen MR) is 131 cm³/mol. The van der Waals surface area contributed by atoms with Crippen molar-refractivity contribution in [2.24, 2.45) is 5.92 Å². The first kappa shape index (κ1) is 23.5. The number of carbonyl (C=O) groups is 1. The number of amides is 1. The fraction of sp³-hybridized carbons (Fsp3) is 0.409. The molecule has 1 aromatic carbocycles. The number of hydrogen-bond acceptors (Lipinski definition) is 8. The molecule has 176 valence electrons. The summed E-state index contributed by atoms with van der Waals surface area (Å²) in [6, 6.07) is 8.46. The van der Waals surface area contributed by atoms with Crippen LogP contribution in [0.3, 0.4) is 0 Å². The van der Waals surface area contributed by atoms with Crippen molar-refractivity contribution in [2.45, 2.75) is 24.7 Å². The lowest BCUT2D eigenvalue weighted by Gasteiger charge is -2.38. The topological polar surface area (TPSA) is 100 Å². The number of thioether (sulfide) groups is 1. The summed E-state index contributed by atoms with van der Waals surface area (Å²) in [5.41, 5.74) is 1.30. The van der Waals surface area contributed by atoms with Crippen LogP contribution in [0.15, 0.2) is 47.8 Å². The number of benzene rings is 1. The van der Waals surface area contributed by atoms with E-state index in [0.29, 0.717) is 29.3 Å². The minimum Gasteiger partial charge on any atom is -0.347 e. The molecule has 33 heavy (non-hydrogen) atoms. The highest BCUT2D eigenvalue weighted by molar-refractivity contribution is 7.98. The van der Waals surface area contributed by atoms with Gasteiger partial charge in [-0.1, -0.05) is 17.7 Å². The summed E-state index contributed by atoms with van der Waals surface area (Å²) >= 11 is 1.58. The number of hydrogen-bond donors (Lipinski definition) is 1. The number of nitrogens with zero attached hydrogens (tertiary/aromatic N) is 5. The third-order valence-corrected chi connectivity index (χ3v) is 8.01. The van der Waals surface area contributed by atoms with Gasteiger partial charge < -0.3 is 5.32 Å². The van der Waals surface area contributed by atoms with E-state index in [9.17, 15) is 13.2 Å². The molecule has 1 N–H and O–H groups in total. The Bertz CT molecular complexity index is 1240. The van der Waals surface area contributed by atoms with Gasteiger partial charge in [-0.2, -0.15) is 0 Å². The van der Waals surface area contributed by atoms with Gasteiger partial charge in [0.15, 0.2) is 11.5 Å². The van der Waals surface area contributed by atoms with E-state index < -0.39 is 10.0 Å². The van der Waals surface area contributed by atoms with Gasteiger partial charge in [0.05, 0.1) is 22.1 Å². The summed E-state index contributed by atoms with van der Waals surface area (Å²) in [6.45, 7) is 3.27. The van der Waals surface area contributed by atoms with Crippen LogP contribution >= 0.6 is 11.8 Å². The van der Waals surface area contributed by atoms with Gasteiger partial charge in [0.1, 0.15) is 6.33 Å². The van der Waals surface area contributed by atoms with Crippen molar-refractivity contribution in [3.63, 3.8) is 0 Å². The van der Waals surface area contributed by atoms with Crippen LogP contribution in [-0.2, 0) is 14.8 Å². The zero-order chi connectivity index (χ0) is 23.6. The molecular formula is C22H28N6O3S2. The highest BCUT2D eigenvalue weighted by Crippen LogP contribution is 2.29. The number of piperidine rings is 1. The lowest BCUT2D eigenvalue weighted by Crippen LogP contribution is -2.50. The molecule has 0 bridgehead atoms. The lowest BCUT2D eigenvalue weighted by atomic mass is 9.98. The second-order valence-corrected chi connectivity index (χ2v) is 10.8. The van der Waals surface area contributed by atoms with Crippen LogP contribution < -0.4 is 10.3 Å². The summed E-state index contributed by atoms with van der Waals surface area (Å²) in [6.07, 6.45) is 6.57. The Balaban J connectivity index is 1.62. The molecule has 4 rings (SSSR count). The summed E-state index contributed by atoms with van der Waals surface area (Å²) in [5, 5.41) is 7.57. The molecule has 1 atom stereocenters. The molecule has 2 aromatic heterocycles. The monoisotopic (exact) mass is 488 g/mol. The molecule has 3 heterocycles. The number of aromatic nitrogens is 3. The van der Waals surface area contributed by atoms with E-state index in [0.717, 1.165) is 24.9 Å². The fourth-order valence-corrected chi connectivity index (χ4v) is 5.64. The Hall–Kier alpha value is -2.63. The maximum Gasteiger partial charge on any atom is 0.269 e. The van der Waals surface area contributed by atoms with E-state index in [1.807, 2.05) is 25.2 Å². The van der Waals surface area contributed by atoms with Crippen molar-refractivity contribution in [1.82, 2.24) is 24.3 Å². The van der Waals surface area contributed by atoms with E-state index in [1.165, 1.54) is 16.5 Å². The highest BCUT2D eigenvalue weighted by atomic mass is 32.2. The Morgan fingerprint density at radius 3 is 2.73 bits per heavy atom. The van der Waals surface area contributed by atoms with Crippen LogP contribution in [0, 0.1) is 12.8 Å². The maximum atomic E-state index is 13.2. The maximum absolute atomic E-state index is 13.2. The lowest BCUT2D eigenvalue weighted by molar-refractivity contribution is -0.126. The minimum absolute atomic E-state index is 0.0608. The first-order valence-electron chi connectivity index (χ1n) is 10.7. The standard InChI is InChI=1S/C22H28N6O3S2/c1-16-6-8-18(9-7-16)33(30,31)28-12-10-19-20(23-14-24-21(19)28)26(2)27-11-4-5-17(13-27)22(29)25-15-32-3/h6-10,12,14,17H,4-5,11,13,15H2,1-3H3,(H,25,29). The van der Waals surface area contributed by atoms with Crippen LogP contribution in [0.4, 0.5) is 5.82 Å². The van der Waals surface area contributed by atoms with E-state index in [1.54, 1.807) is 42.1 Å². The number of fused-ring (bicyclic) bond motifs is 1. The van der Waals surface area contributed by atoms with Crippen molar-refractivity contribution in [3.8, 4) is 0 Å². The van der Waals surface area contributed by atoms with E-state index in [-0.39, 0.29) is 16.7 Å². The summed E-state index contributed by atoms with van der Waals surface area (Å²) in [4.78, 5) is 21.4. The van der Waals surface area contributed by atoms with E-state index in [4.69, 9.17) is 0 Å². The number of aryl methyl sites for hydroxylation is 1. The molecule has 1 saturated heterocycles. The smallest absolute Gasteiger partial charge is 0.269 e. The van der Waals surface area contributed by atoms with Crippen molar-refractivity contribution in [1.29, 1.82) is 0 Å². The highest BCUT2D eigenvalue weighted by Gasteiger charge is 2.29. The van der Waals surface area contributed by atoms with Gasteiger partial charge in [-0.05, 0) is 44.2 Å². The third-order valence-electron chi connectivity index (χ3n) is 5.90. The van der Waals surface area contributed by atoms with Gasteiger partial charge >= 0.3 is 0 Å². The average molecular weight is 489 g/mol. The van der Waals surface area contributed by atoms with Crippen molar-refractivity contribution >= 4 is 44.5 Å². The second kappa shape index (κ2) is 9.70. The zero-order valence-corrected chi connectivity index (χ0v) is 20.6. The molecule has 11 heteroatoms. The van der Waals surface area contributed by atoms with Gasteiger partial charge in [-0.3, -0.25) is 9.80 Å². The zero-order valence-electron chi connectivity index (χ0n) is 18.9. The molecule has 1 aliphatic rings. The number of carbonyl (C=O) groups excluding carboxylic acids is 1. The predicted octanol–water partition coefficient (Wildman–Crippen LogP) is 2.48. The molecule has 9 nitrogen and oxygen atoms in total. The molecule has 0 spiro atoms. The van der Waals surface area contributed by atoms with E-state index >= 15 is 0 Å². The van der Waals surface area contributed by atoms with Gasteiger partial charge in [-0.15, -0.1) is 11.8 Å². The van der Waals surface area contributed by atoms with Crippen molar-refractivity contribution in [2.75, 3.05) is 37.3 Å². The first-order chi connectivity index (χ1) is 15.8. The molecule has 1 aliphatic heterocycles. The normalized spacial score (nSPS) is 17.2. The number of rotatable bonds is 7. The van der Waals surface area contributed by atoms with Crippen molar-refractivity contribution < 1.29 is 13.2 Å². The second-order valence-electron chi connectivity index (χ2n) is 8.11. The molecule has 1 amide bonds. The van der Waals surface area contributed by atoms with Gasteiger partial charge in [0.2, 0.25) is 5.91 Å². The fourth-order valence-electron chi connectivity index (χ4n) is 4.06.